The van der Waals surface area contributed by atoms with E-state index in [9.17, 15) is 14.7 Å². The van der Waals surface area contributed by atoms with E-state index in [1.807, 2.05) is 16.8 Å². The zero-order valence-corrected chi connectivity index (χ0v) is 14.1. The van der Waals surface area contributed by atoms with Gasteiger partial charge in [0.15, 0.2) is 0 Å². The van der Waals surface area contributed by atoms with Crippen molar-refractivity contribution in [1.82, 2.24) is 10.2 Å². The predicted molar refractivity (Wildman–Crippen MR) is 84.3 cm³/mol. The summed E-state index contributed by atoms with van der Waals surface area (Å²) in [6.07, 6.45) is 0. The van der Waals surface area contributed by atoms with E-state index in [2.05, 4.69) is 5.32 Å². The lowest BCUT2D eigenvalue weighted by atomic mass is 9.74. The van der Waals surface area contributed by atoms with E-state index in [1.165, 1.54) is 0 Å². The fraction of sp³-hybridized carbons (Fsp3) is 0.600. The van der Waals surface area contributed by atoms with Gasteiger partial charge in [-0.2, -0.15) is 11.3 Å². The molecule has 1 aromatic heterocycles. The van der Waals surface area contributed by atoms with Gasteiger partial charge >= 0.3 is 5.97 Å². The van der Waals surface area contributed by atoms with Crippen LogP contribution in [0.5, 0.6) is 0 Å². The second-order valence-corrected chi connectivity index (χ2v) is 7.07. The SMILES string of the molecule is CN(Cc1ccsc1)C(=O)CNC(C)(C)C(C)(C)C(=O)O. The van der Waals surface area contributed by atoms with E-state index < -0.39 is 16.9 Å². The van der Waals surface area contributed by atoms with Crippen LogP contribution in [0.1, 0.15) is 33.3 Å². The van der Waals surface area contributed by atoms with Crippen molar-refractivity contribution in [2.75, 3.05) is 13.6 Å². The minimum atomic E-state index is -0.973. The third-order valence-electron chi connectivity index (χ3n) is 4.20. The number of likely N-dealkylation sites (N-methyl/N-ethyl adjacent to an activating group) is 1. The highest BCUT2D eigenvalue weighted by atomic mass is 32.1. The Morgan fingerprint density at radius 3 is 2.43 bits per heavy atom. The molecular weight excluding hydrogens is 288 g/mol. The maximum atomic E-state index is 12.1. The van der Waals surface area contributed by atoms with Crippen LogP contribution in [0.15, 0.2) is 16.8 Å². The average molecular weight is 312 g/mol. The zero-order valence-electron chi connectivity index (χ0n) is 13.3. The van der Waals surface area contributed by atoms with Gasteiger partial charge in [0, 0.05) is 19.1 Å². The number of nitrogens with one attached hydrogen (secondary N) is 1. The van der Waals surface area contributed by atoms with Gasteiger partial charge in [-0.3, -0.25) is 9.59 Å². The molecule has 0 aliphatic carbocycles. The van der Waals surface area contributed by atoms with E-state index in [4.69, 9.17) is 0 Å². The molecule has 0 saturated heterocycles. The first-order chi connectivity index (χ1) is 9.58. The summed E-state index contributed by atoms with van der Waals surface area (Å²) >= 11 is 1.60. The molecule has 0 spiro atoms. The number of hydrogen-bond acceptors (Lipinski definition) is 4. The first-order valence-corrected chi connectivity index (χ1v) is 7.75. The Morgan fingerprint density at radius 1 is 1.33 bits per heavy atom. The Hall–Kier alpha value is -1.40. The van der Waals surface area contributed by atoms with Crippen LogP contribution in [0.25, 0.3) is 0 Å². The first kappa shape index (κ1) is 17.7. The number of amides is 1. The Kier molecular flexibility index (Phi) is 5.53. The van der Waals surface area contributed by atoms with Gasteiger partial charge in [-0.05, 0) is 50.1 Å². The highest BCUT2D eigenvalue weighted by Crippen LogP contribution is 2.30. The fourth-order valence-electron chi connectivity index (χ4n) is 1.66. The van der Waals surface area contributed by atoms with Crippen molar-refractivity contribution in [3.63, 3.8) is 0 Å². The van der Waals surface area contributed by atoms with Gasteiger partial charge < -0.3 is 15.3 Å². The number of carboxylic acid groups (broad SMARTS) is 1. The molecule has 118 valence electrons. The lowest BCUT2D eigenvalue weighted by Crippen LogP contribution is -2.57. The van der Waals surface area contributed by atoms with E-state index in [0.717, 1.165) is 5.56 Å². The molecular formula is C15H24N2O3S. The van der Waals surface area contributed by atoms with Crippen molar-refractivity contribution in [1.29, 1.82) is 0 Å². The summed E-state index contributed by atoms with van der Waals surface area (Å²) in [6.45, 7) is 7.58. The summed E-state index contributed by atoms with van der Waals surface area (Å²) in [5.74, 6) is -0.949. The molecule has 6 heteroatoms. The number of carbonyl (C=O) groups is 2. The third-order valence-corrected chi connectivity index (χ3v) is 4.94. The van der Waals surface area contributed by atoms with E-state index in [0.29, 0.717) is 6.54 Å². The number of aliphatic carboxylic acids is 1. The first-order valence-electron chi connectivity index (χ1n) is 6.81. The lowest BCUT2D eigenvalue weighted by molar-refractivity contribution is -0.151. The van der Waals surface area contributed by atoms with E-state index in [-0.39, 0.29) is 12.5 Å². The molecule has 0 bridgehead atoms. The molecule has 0 aliphatic rings. The van der Waals surface area contributed by atoms with Crippen molar-refractivity contribution in [3.8, 4) is 0 Å². The Balaban J connectivity index is 2.57. The van der Waals surface area contributed by atoms with Crippen LogP contribution < -0.4 is 5.32 Å². The van der Waals surface area contributed by atoms with Crippen molar-refractivity contribution in [3.05, 3.63) is 22.4 Å². The van der Waals surface area contributed by atoms with Crippen molar-refractivity contribution in [2.24, 2.45) is 5.41 Å². The number of rotatable bonds is 7. The van der Waals surface area contributed by atoms with Crippen LogP contribution in [0.2, 0.25) is 0 Å². The molecule has 0 unspecified atom stereocenters. The van der Waals surface area contributed by atoms with Gasteiger partial charge in [-0.15, -0.1) is 0 Å². The second-order valence-electron chi connectivity index (χ2n) is 6.29. The number of carbonyl (C=O) groups excluding carboxylic acids is 1. The summed E-state index contributed by atoms with van der Waals surface area (Å²) in [5, 5.41) is 16.3. The number of thiophene rings is 1. The zero-order chi connectivity index (χ0) is 16.3. The highest BCUT2D eigenvalue weighted by Gasteiger charge is 2.43. The molecule has 21 heavy (non-hydrogen) atoms. The summed E-state index contributed by atoms with van der Waals surface area (Å²) in [6, 6.07) is 1.99. The van der Waals surface area contributed by atoms with E-state index in [1.54, 1.807) is 51.0 Å². The lowest BCUT2D eigenvalue weighted by Gasteiger charge is -2.39. The molecule has 1 aromatic rings. The minimum Gasteiger partial charge on any atom is -0.481 e. The maximum absolute atomic E-state index is 12.1. The smallest absolute Gasteiger partial charge is 0.310 e. The third kappa shape index (κ3) is 4.28. The summed E-state index contributed by atoms with van der Waals surface area (Å²) in [5.41, 5.74) is -0.572. The summed E-state index contributed by atoms with van der Waals surface area (Å²) in [4.78, 5) is 25.1. The average Bonchev–Trinajstić information content (AvgIpc) is 2.88. The molecule has 1 heterocycles. The monoisotopic (exact) mass is 312 g/mol. The van der Waals surface area contributed by atoms with Crippen LogP contribution in [0, 0.1) is 5.41 Å². The van der Waals surface area contributed by atoms with Crippen molar-refractivity contribution >= 4 is 23.2 Å². The normalized spacial score (nSPS) is 12.2. The van der Waals surface area contributed by atoms with Gasteiger partial charge in [0.1, 0.15) is 0 Å². The molecule has 0 fully saturated rings. The fourth-order valence-corrected chi connectivity index (χ4v) is 2.32. The molecule has 5 nitrogen and oxygen atoms in total. The number of nitrogens with zero attached hydrogens (tertiary/aromatic N) is 1. The van der Waals surface area contributed by atoms with Crippen LogP contribution in [-0.4, -0.2) is 41.0 Å². The van der Waals surface area contributed by atoms with Crippen LogP contribution >= 0.6 is 11.3 Å². The molecule has 1 amide bonds. The minimum absolute atomic E-state index is 0.0598. The van der Waals surface area contributed by atoms with Gasteiger partial charge in [-0.25, -0.2) is 0 Å². The topological polar surface area (TPSA) is 69.6 Å². The van der Waals surface area contributed by atoms with Gasteiger partial charge in [0.05, 0.1) is 12.0 Å². The van der Waals surface area contributed by atoms with Crippen molar-refractivity contribution in [2.45, 2.75) is 39.8 Å². The van der Waals surface area contributed by atoms with Gasteiger partial charge in [0.2, 0.25) is 5.91 Å². The number of carboxylic acids is 1. The molecule has 0 aliphatic heterocycles. The van der Waals surface area contributed by atoms with Gasteiger partial charge in [0.25, 0.3) is 0 Å². The Labute approximate surface area is 130 Å². The molecule has 0 atom stereocenters. The Morgan fingerprint density at radius 2 is 1.95 bits per heavy atom. The van der Waals surface area contributed by atoms with Crippen LogP contribution in [0.4, 0.5) is 0 Å². The second kappa shape index (κ2) is 6.58. The molecule has 0 saturated carbocycles. The molecule has 1 rings (SSSR count). The Bertz CT molecular complexity index is 495. The van der Waals surface area contributed by atoms with Gasteiger partial charge in [-0.1, -0.05) is 0 Å². The predicted octanol–water partition coefficient (Wildman–Crippen LogP) is 2.19. The van der Waals surface area contributed by atoms with Crippen LogP contribution in [0.3, 0.4) is 0 Å². The largest absolute Gasteiger partial charge is 0.481 e. The quantitative estimate of drug-likeness (QED) is 0.810. The standard InChI is InChI=1S/C15H24N2O3S/c1-14(2,13(19)20)15(3,4)16-8-12(18)17(5)9-11-6-7-21-10-11/h6-7,10,16H,8-9H2,1-5H3,(H,19,20). The summed E-state index contributed by atoms with van der Waals surface area (Å²) in [7, 11) is 1.75. The molecule has 2 N–H and O–H groups in total. The maximum Gasteiger partial charge on any atom is 0.310 e. The number of hydrogen-bond donors (Lipinski definition) is 2. The van der Waals surface area contributed by atoms with E-state index >= 15 is 0 Å². The van der Waals surface area contributed by atoms with Crippen LogP contribution in [-0.2, 0) is 16.1 Å². The molecule has 0 radical (unpaired) electrons. The summed E-state index contributed by atoms with van der Waals surface area (Å²) < 4.78 is 0. The van der Waals surface area contributed by atoms with Crippen molar-refractivity contribution < 1.29 is 14.7 Å². The highest BCUT2D eigenvalue weighted by molar-refractivity contribution is 7.07. The molecule has 0 aromatic carbocycles.